The Bertz CT molecular complexity index is 883. The molecule has 2 heterocycles. The molecule has 2 N–H and O–H groups in total. The van der Waals surface area contributed by atoms with E-state index in [-0.39, 0.29) is 6.54 Å². The number of rotatable bonds is 3. The van der Waals surface area contributed by atoms with Crippen LogP contribution in [0.2, 0.25) is 0 Å². The Hall–Kier alpha value is -3.35. The van der Waals surface area contributed by atoms with Gasteiger partial charge in [-0.1, -0.05) is 36.4 Å². The third kappa shape index (κ3) is 2.57. The van der Waals surface area contributed by atoms with Gasteiger partial charge in [0.1, 0.15) is 12.3 Å². The third-order valence-electron chi connectivity index (χ3n) is 4.62. The number of nitrogens with zero attached hydrogens (tertiary/aromatic N) is 1. The summed E-state index contributed by atoms with van der Waals surface area (Å²) >= 11 is 0. The highest BCUT2D eigenvalue weighted by Gasteiger charge is 2.55. The van der Waals surface area contributed by atoms with Crippen LogP contribution in [0.5, 0.6) is 5.75 Å². The van der Waals surface area contributed by atoms with Crippen molar-refractivity contribution in [2.24, 2.45) is 0 Å². The SMILES string of the molecule is O=C(CN1C(=O)N[C@@]2(CCOc3ccccc32)C1=O)Nc1ccccc1. The number of hydrogen-bond acceptors (Lipinski definition) is 4. The number of hydrogen-bond donors (Lipinski definition) is 2. The van der Waals surface area contributed by atoms with Crippen molar-refractivity contribution < 1.29 is 19.1 Å². The number of nitrogens with one attached hydrogen (secondary N) is 2. The molecule has 1 spiro atoms. The summed E-state index contributed by atoms with van der Waals surface area (Å²) in [5.41, 5.74) is 0.0603. The van der Waals surface area contributed by atoms with E-state index in [9.17, 15) is 14.4 Å². The van der Waals surface area contributed by atoms with E-state index in [1.807, 2.05) is 12.1 Å². The molecule has 0 radical (unpaired) electrons. The zero-order valence-corrected chi connectivity index (χ0v) is 13.9. The predicted molar refractivity (Wildman–Crippen MR) is 93.5 cm³/mol. The first-order chi connectivity index (χ1) is 12.6. The molecular formula is C19H17N3O4. The Balaban J connectivity index is 1.56. The third-order valence-corrected chi connectivity index (χ3v) is 4.62. The minimum absolute atomic E-state index is 0.313. The second kappa shape index (κ2) is 6.18. The second-order valence-corrected chi connectivity index (χ2v) is 6.24. The van der Waals surface area contributed by atoms with Crippen LogP contribution in [0.3, 0.4) is 0 Å². The summed E-state index contributed by atoms with van der Waals surface area (Å²) in [6.07, 6.45) is 0.325. The van der Waals surface area contributed by atoms with Gasteiger partial charge in [0, 0.05) is 17.7 Å². The fraction of sp³-hybridized carbons (Fsp3) is 0.211. The van der Waals surface area contributed by atoms with Gasteiger partial charge in [-0.15, -0.1) is 0 Å². The fourth-order valence-electron chi connectivity index (χ4n) is 3.38. The lowest BCUT2D eigenvalue weighted by Crippen LogP contribution is -2.48. The lowest BCUT2D eigenvalue weighted by Gasteiger charge is -2.33. The van der Waals surface area contributed by atoms with E-state index in [2.05, 4.69) is 10.6 Å². The van der Waals surface area contributed by atoms with Crippen LogP contribution >= 0.6 is 0 Å². The highest BCUT2D eigenvalue weighted by atomic mass is 16.5. The van der Waals surface area contributed by atoms with Gasteiger partial charge in [-0.3, -0.25) is 14.5 Å². The molecule has 1 saturated heterocycles. The molecule has 132 valence electrons. The zero-order valence-electron chi connectivity index (χ0n) is 13.9. The van der Waals surface area contributed by atoms with Crippen LogP contribution in [0.25, 0.3) is 0 Å². The summed E-state index contributed by atoms with van der Waals surface area (Å²) in [7, 11) is 0. The van der Waals surface area contributed by atoms with Gasteiger partial charge in [0.2, 0.25) is 5.91 Å². The largest absolute Gasteiger partial charge is 0.493 e. The van der Waals surface area contributed by atoms with Gasteiger partial charge in [0.25, 0.3) is 5.91 Å². The maximum atomic E-state index is 13.1. The lowest BCUT2D eigenvalue weighted by molar-refractivity contribution is -0.135. The number of amides is 4. The number of anilines is 1. The van der Waals surface area contributed by atoms with Crippen molar-refractivity contribution in [3.8, 4) is 5.75 Å². The highest BCUT2D eigenvalue weighted by molar-refractivity contribution is 6.10. The van der Waals surface area contributed by atoms with Crippen LogP contribution in [-0.2, 0) is 15.1 Å². The van der Waals surface area contributed by atoms with Gasteiger partial charge in [-0.25, -0.2) is 4.79 Å². The van der Waals surface area contributed by atoms with Crippen molar-refractivity contribution in [3.63, 3.8) is 0 Å². The molecule has 0 saturated carbocycles. The molecule has 26 heavy (non-hydrogen) atoms. The number of urea groups is 1. The number of para-hydroxylation sites is 2. The minimum Gasteiger partial charge on any atom is -0.493 e. The lowest BCUT2D eigenvalue weighted by atomic mass is 9.84. The van der Waals surface area contributed by atoms with E-state index in [0.29, 0.717) is 30.0 Å². The molecule has 7 heteroatoms. The molecule has 2 aromatic rings. The number of benzene rings is 2. The summed E-state index contributed by atoms with van der Waals surface area (Å²) in [5, 5.41) is 5.45. The van der Waals surface area contributed by atoms with E-state index in [0.717, 1.165) is 4.90 Å². The molecule has 2 aliphatic rings. The molecule has 0 unspecified atom stereocenters. The Labute approximate surface area is 149 Å². The number of ether oxygens (including phenoxy) is 1. The van der Waals surface area contributed by atoms with Crippen molar-refractivity contribution >= 4 is 23.5 Å². The van der Waals surface area contributed by atoms with Crippen molar-refractivity contribution in [2.75, 3.05) is 18.5 Å². The first-order valence-corrected chi connectivity index (χ1v) is 8.31. The molecule has 1 atom stereocenters. The van der Waals surface area contributed by atoms with Gasteiger partial charge in [-0.2, -0.15) is 0 Å². The minimum atomic E-state index is -1.17. The molecule has 1 fully saturated rings. The van der Waals surface area contributed by atoms with Crippen LogP contribution in [0, 0.1) is 0 Å². The summed E-state index contributed by atoms with van der Waals surface area (Å²) < 4.78 is 5.59. The van der Waals surface area contributed by atoms with Crippen LogP contribution < -0.4 is 15.4 Å². The van der Waals surface area contributed by atoms with Crippen LogP contribution in [-0.4, -0.2) is 35.9 Å². The molecule has 0 aliphatic carbocycles. The number of imide groups is 1. The van der Waals surface area contributed by atoms with Crippen LogP contribution in [0.1, 0.15) is 12.0 Å². The van der Waals surface area contributed by atoms with Gasteiger partial charge < -0.3 is 15.4 Å². The summed E-state index contributed by atoms with van der Waals surface area (Å²) in [5.74, 6) is -0.290. The van der Waals surface area contributed by atoms with E-state index in [1.165, 1.54) is 0 Å². The molecule has 0 aromatic heterocycles. The van der Waals surface area contributed by atoms with Crippen molar-refractivity contribution in [1.29, 1.82) is 0 Å². The maximum Gasteiger partial charge on any atom is 0.325 e. The Kier molecular flexibility index (Phi) is 3.84. The molecular weight excluding hydrogens is 334 g/mol. The van der Waals surface area contributed by atoms with Gasteiger partial charge in [-0.05, 0) is 18.2 Å². The molecule has 4 rings (SSSR count). The first kappa shape index (κ1) is 16.1. The smallest absolute Gasteiger partial charge is 0.325 e. The van der Waals surface area contributed by atoms with E-state index >= 15 is 0 Å². The molecule has 0 bridgehead atoms. The Morgan fingerprint density at radius 1 is 1.12 bits per heavy atom. The summed E-state index contributed by atoms with van der Waals surface area (Å²) in [6.45, 7) is -0.0303. The average Bonchev–Trinajstić information content (AvgIpc) is 2.88. The van der Waals surface area contributed by atoms with E-state index in [1.54, 1.807) is 42.5 Å². The number of carbonyl (C=O) groups excluding carboxylic acids is 3. The quantitative estimate of drug-likeness (QED) is 0.826. The van der Waals surface area contributed by atoms with Crippen molar-refractivity contribution in [2.45, 2.75) is 12.0 Å². The normalized spacial score (nSPS) is 21.2. The van der Waals surface area contributed by atoms with E-state index < -0.39 is 23.4 Å². The van der Waals surface area contributed by atoms with Crippen LogP contribution in [0.15, 0.2) is 54.6 Å². The molecule has 4 amide bonds. The predicted octanol–water partition coefficient (Wildman–Crippen LogP) is 1.85. The summed E-state index contributed by atoms with van der Waals surface area (Å²) in [6, 6.07) is 15.4. The standard InChI is InChI=1S/C19H17N3O4/c23-16(20-13-6-2-1-3-7-13)12-22-17(24)19(21-18(22)25)10-11-26-15-9-5-4-8-14(15)19/h1-9H,10-12H2,(H,20,23)(H,21,25)/t19-/m1/s1. The zero-order chi connectivity index (χ0) is 18.1. The van der Waals surface area contributed by atoms with Crippen molar-refractivity contribution in [1.82, 2.24) is 10.2 Å². The summed E-state index contributed by atoms with van der Waals surface area (Å²) in [4.78, 5) is 38.7. The molecule has 7 nitrogen and oxygen atoms in total. The van der Waals surface area contributed by atoms with Crippen LogP contribution in [0.4, 0.5) is 10.5 Å². The van der Waals surface area contributed by atoms with Crippen molar-refractivity contribution in [3.05, 3.63) is 60.2 Å². The Morgan fingerprint density at radius 2 is 1.85 bits per heavy atom. The average molecular weight is 351 g/mol. The molecule has 2 aromatic carbocycles. The second-order valence-electron chi connectivity index (χ2n) is 6.24. The highest BCUT2D eigenvalue weighted by Crippen LogP contribution is 2.40. The Morgan fingerprint density at radius 3 is 2.65 bits per heavy atom. The monoisotopic (exact) mass is 351 g/mol. The van der Waals surface area contributed by atoms with Gasteiger partial charge >= 0.3 is 6.03 Å². The fourth-order valence-corrected chi connectivity index (χ4v) is 3.38. The molecule has 2 aliphatic heterocycles. The topological polar surface area (TPSA) is 87.7 Å². The first-order valence-electron chi connectivity index (χ1n) is 8.31. The van der Waals surface area contributed by atoms with Gasteiger partial charge in [0.15, 0.2) is 5.54 Å². The maximum absolute atomic E-state index is 13.1. The van der Waals surface area contributed by atoms with E-state index in [4.69, 9.17) is 4.74 Å². The number of fused-ring (bicyclic) bond motifs is 2. The van der Waals surface area contributed by atoms with Gasteiger partial charge in [0.05, 0.1) is 6.61 Å². The number of carbonyl (C=O) groups is 3.